The fourth-order valence-electron chi connectivity index (χ4n) is 3.57. The Labute approximate surface area is 137 Å². The van der Waals surface area contributed by atoms with Crippen molar-refractivity contribution in [3.63, 3.8) is 0 Å². The van der Waals surface area contributed by atoms with Crippen LogP contribution in [-0.4, -0.2) is 12.2 Å². The molecule has 1 fully saturated rings. The molecule has 0 aliphatic heterocycles. The summed E-state index contributed by atoms with van der Waals surface area (Å²) in [6, 6.07) is 5.33. The van der Waals surface area contributed by atoms with Crippen molar-refractivity contribution in [3.05, 3.63) is 33.8 Å². The van der Waals surface area contributed by atoms with E-state index in [1.54, 1.807) is 6.07 Å². The Balaban J connectivity index is 2.42. The predicted octanol–water partition coefficient (Wildman–Crippen LogP) is 4.48. The minimum Gasteiger partial charge on any atom is -0.373 e. The second-order valence-electron chi connectivity index (χ2n) is 5.96. The number of benzene rings is 1. The smallest absolute Gasteiger partial charge is 0.0892 e. The van der Waals surface area contributed by atoms with Crippen molar-refractivity contribution in [1.82, 2.24) is 5.43 Å². The number of hydrogen-bond acceptors (Lipinski definition) is 3. The van der Waals surface area contributed by atoms with Gasteiger partial charge in [-0.2, -0.15) is 0 Å². The summed E-state index contributed by atoms with van der Waals surface area (Å²) in [7, 11) is 0. The van der Waals surface area contributed by atoms with Crippen LogP contribution in [0.5, 0.6) is 0 Å². The van der Waals surface area contributed by atoms with E-state index in [2.05, 4.69) is 12.3 Å². The van der Waals surface area contributed by atoms with Crippen molar-refractivity contribution in [2.45, 2.75) is 51.2 Å². The van der Waals surface area contributed by atoms with E-state index in [1.807, 2.05) is 19.1 Å². The molecule has 3 N–H and O–H groups in total. The van der Waals surface area contributed by atoms with E-state index in [0.717, 1.165) is 24.8 Å². The molecule has 1 aromatic rings. The van der Waals surface area contributed by atoms with E-state index >= 15 is 0 Å². The van der Waals surface area contributed by atoms with Crippen LogP contribution >= 0.6 is 23.2 Å². The molecule has 118 valence electrons. The van der Waals surface area contributed by atoms with E-state index in [9.17, 15) is 0 Å². The topological polar surface area (TPSA) is 47.3 Å². The van der Waals surface area contributed by atoms with Gasteiger partial charge in [0.15, 0.2) is 0 Å². The number of nitrogens with one attached hydrogen (secondary N) is 1. The summed E-state index contributed by atoms with van der Waals surface area (Å²) in [5.74, 6) is 6.49. The fourth-order valence-corrected chi connectivity index (χ4v) is 3.98. The fraction of sp³-hybridized carbons (Fsp3) is 0.625. The van der Waals surface area contributed by atoms with Gasteiger partial charge in [0.05, 0.1) is 11.6 Å². The second-order valence-corrected chi connectivity index (χ2v) is 6.81. The number of hydrazine groups is 1. The third kappa shape index (κ3) is 3.72. The van der Waals surface area contributed by atoms with E-state index in [-0.39, 0.29) is 11.6 Å². The lowest BCUT2D eigenvalue weighted by molar-refractivity contribution is -0.102. The normalized spacial score (nSPS) is 27.6. The van der Waals surface area contributed by atoms with Gasteiger partial charge in [0.25, 0.3) is 0 Å². The maximum absolute atomic E-state index is 6.38. The minimum absolute atomic E-state index is 0.161. The third-order valence-corrected chi connectivity index (χ3v) is 4.96. The Morgan fingerprint density at radius 2 is 2.24 bits per heavy atom. The van der Waals surface area contributed by atoms with Crippen LogP contribution in [0.2, 0.25) is 10.0 Å². The van der Waals surface area contributed by atoms with Gasteiger partial charge in [0, 0.05) is 16.7 Å². The monoisotopic (exact) mass is 330 g/mol. The first kappa shape index (κ1) is 17.0. The Morgan fingerprint density at radius 3 is 2.86 bits per heavy atom. The molecular formula is C16H24Cl2N2O. The van der Waals surface area contributed by atoms with Gasteiger partial charge in [-0.25, -0.2) is 0 Å². The van der Waals surface area contributed by atoms with E-state index < -0.39 is 0 Å². The van der Waals surface area contributed by atoms with Crippen molar-refractivity contribution in [3.8, 4) is 0 Å². The van der Waals surface area contributed by atoms with Gasteiger partial charge < -0.3 is 4.74 Å². The Morgan fingerprint density at radius 1 is 1.48 bits per heavy atom. The third-order valence-electron chi connectivity index (χ3n) is 4.38. The number of nitrogens with two attached hydrogens (primary N) is 1. The van der Waals surface area contributed by atoms with Crippen LogP contribution in [0.15, 0.2) is 18.2 Å². The van der Waals surface area contributed by atoms with Crippen LogP contribution in [0.3, 0.4) is 0 Å². The van der Waals surface area contributed by atoms with Crippen LogP contribution in [0.4, 0.5) is 0 Å². The second kappa shape index (κ2) is 7.30. The maximum atomic E-state index is 6.38. The number of ether oxygens (including phenoxy) is 1. The molecule has 3 nitrogen and oxygen atoms in total. The van der Waals surface area contributed by atoms with Crippen LogP contribution in [0.25, 0.3) is 0 Å². The molecule has 3 unspecified atom stereocenters. The lowest BCUT2D eigenvalue weighted by Gasteiger charge is -2.45. The molecule has 0 spiro atoms. The summed E-state index contributed by atoms with van der Waals surface area (Å²) in [5.41, 5.74) is 3.52. The molecular weight excluding hydrogens is 307 g/mol. The summed E-state index contributed by atoms with van der Waals surface area (Å²) < 4.78 is 6.20. The predicted molar refractivity (Wildman–Crippen MR) is 88.5 cm³/mol. The van der Waals surface area contributed by atoms with Gasteiger partial charge in [-0.05, 0) is 49.4 Å². The van der Waals surface area contributed by atoms with Gasteiger partial charge in [0.2, 0.25) is 0 Å². The van der Waals surface area contributed by atoms with Crippen molar-refractivity contribution in [2.75, 3.05) is 6.61 Å². The van der Waals surface area contributed by atoms with E-state index in [1.165, 1.54) is 6.42 Å². The average molecular weight is 331 g/mol. The summed E-state index contributed by atoms with van der Waals surface area (Å²) >= 11 is 12.5. The van der Waals surface area contributed by atoms with Crippen LogP contribution in [0.1, 0.15) is 51.1 Å². The largest absolute Gasteiger partial charge is 0.373 e. The maximum Gasteiger partial charge on any atom is 0.0892 e. The quantitative estimate of drug-likeness (QED) is 0.618. The van der Waals surface area contributed by atoms with Crippen molar-refractivity contribution in [1.29, 1.82) is 0 Å². The lowest BCUT2D eigenvalue weighted by Crippen LogP contribution is -2.51. The molecule has 0 aromatic heterocycles. The number of halogens is 2. The summed E-state index contributed by atoms with van der Waals surface area (Å²) in [6.45, 7) is 4.94. The molecule has 0 bridgehead atoms. The van der Waals surface area contributed by atoms with Crippen LogP contribution in [-0.2, 0) is 4.74 Å². The molecule has 2 rings (SSSR count). The Bertz CT molecular complexity index is 479. The zero-order valence-corrected chi connectivity index (χ0v) is 14.2. The first-order valence-electron chi connectivity index (χ1n) is 7.57. The zero-order valence-electron chi connectivity index (χ0n) is 12.7. The molecule has 0 amide bonds. The molecule has 0 heterocycles. The molecule has 21 heavy (non-hydrogen) atoms. The molecule has 1 saturated carbocycles. The first-order chi connectivity index (χ1) is 10.0. The molecule has 3 atom stereocenters. The molecule has 0 radical (unpaired) electrons. The molecule has 5 heteroatoms. The summed E-state index contributed by atoms with van der Waals surface area (Å²) in [5, 5.41) is 1.32. The number of hydrogen-bond donors (Lipinski definition) is 2. The first-order valence-corrected chi connectivity index (χ1v) is 8.33. The summed E-state index contributed by atoms with van der Waals surface area (Å²) in [6.07, 6.45) is 4.31. The average Bonchev–Trinajstić information content (AvgIpc) is 2.43. The highest BCUT2D eigenvalue weighted by atomic mass is 35.5. The highest BCUT2D eigenvalue weighted by Gasteiger charge is 2.43. The molecule has 0 saturated heterocycles. The minimum atomic E-state index is -0.324. The molecule has 1 aromatic carbocycles. The molecule has 1 aliphatic carbocycles. The Kier molecular flexibility index (Phi) is 5.92. The van der Waals surface area contributed by atoms with Crippen molar-refractivity contribution < 1.29 is 4.74 Å². The van der Waals surface area contributed by atoms with E-state index in [0.29, 0.717) is 22.6 Å². The number of rotatable bonds is 5. The van der Waals surface area contributed by atoms with Gasteiger partial charge in [-0.1, -0.05) is 43.0 Å². The van der Waals surface area contributed by atoms with Crippen molar-refractivity contribution in [2.24, 2.45) is 11.8 Å². The zero-order chi connectivity index (χ0) is 15.5. The SMILES string of the molecule is CCOC1(C(NN)c2cc(Cl)ccc2Cl)CCCC(C)C1. The van der Waals surface area contributed by atoms with E-state index in [4.69, 9.17) is 33.8 Å². The molecule has 1 aliphatic rings. The highest BCUT2D eigenvalue weighted by molar-refractivity contribution is 6.33. The Hall–Kier alpha value is -0.320. The highest BCUT2D eigenvalue weighted by Crippen LogP contribution is 2.45. The van der Waals surface area contributed by atoms with Gasteiger partial charge in [-0.15, -0.1) is 0 Å². The standard InChI is InChI=1S/C16H24Cl2N2O/c1-3-21-16(8-4-5-11(2)10-16)15(20-19)13-9-12(17)6-7-14(13)18/h6-7,9,11,15,20H,3-5,8,10,19H2,1-2H3. The summed E-state index contributed by atoms with van der Waals surface area (Å²) in [4.78, 5) is 0. The van der Waals surface area contributed by atoms with Crippen LogP contribution < -0.4 is 11.3 Å². The van der Waals surface area contributed by atoms with Crippen molar-refractivity contribution >= 4 is 23.2 Å². The lowest BCUT2D eigenvalue weighted by atomic mass is 9.73. The van der Waals surface area contributed by atoms with Gasteiger partial charge in [-0.3, -0.25) is 11.3 Å². The van der Waals surface area contributed by atoms with Gasteiger partial charge in [0.1, 0.15) is 0 Å². The van der Waals surface area contributed by atoms with Crippen LogP contribution in [0, 0.1) is 5.92 Å². The van der Waals surface area contributed by atoms with Gasteiger partial charge >= 0.3 is 0 Å².